The molecule has 0 aliphatic heterocycles. The van der Waals surface area contributed by atoms with E-state index in [2.05, 4.69) is 34.3 Å². The first-order valence-corrected chi connectivity index (χ1v) is 9.76. The summed E-state index contributed by atoms with van der Waals surface area (Å²) in [6.07, 6.45) is 9.53. The van der Waals surface area contributed by atoms with E-state index in [0.29, 0.717) is 16.7 Å². The average Bonchev–Trinajstić information content (AvgIpc) is 2.46. The fourth-order valence-electron chi connectivity index (χ4n) is 2.47. The summed E-state index contributed by atoms with van der Waals surface area (Å²) in [6, 6.07) is 0. The van der Waals surface area contributed by atoms with Crippen LogP contribution < -0.4 is 0 Å². The zero-order valence-corrected chi connectivity index (χ0v) is 16.1. The van der Waals surface area contributed by atoms with Crippen LogP contribution in [0.2, 0.25) is 0 Å². The number of hydrogen-bond acceptors (Lipinski definition) is 2. The van der Waals surface area contributed by atoms with Gasteiger partial charge in [0.2, 0.25) is 9.84 Å². The number of allylic oxidation sites excluding steroid dienone is 8. The van der Waals surface area contributed by atoms with Crippen LogP contribution in [0.3, 0.4) is 0 Å². The minimum absolute atomic E-state index is 0.000857. The third-order valence-corrected chi connectivity index (χ3v) is 6.56. The molecular weight excluding hydrogens is 304 g/mol. The van der Waals surface area contributed by atoms with Crippen LogP contribution in [0, 0.1) is 17.8 Å². The molecule has 0 radical (unpaired) electrons. The van der Waals surface area contributed by atoms with Gasteiger partial charge in [0.05, 0.1) is 9.81 Å². The van der Waals surface area contributed by atoms with Crippen LogP contribution in [-0.4, -0.2) is 8.42 Å². The summed E-state index contributed by atoms with van der Waals surface area (Å²) in [5.41, 5.74) is 2.45. The lowest BCUT2D eigenvalue weighted by molar-refractivity contribution is 0.581. The Kier molecular flexibility index (Phi) is 6.82. The Labute approximate surface area is 142 Å². The molecule has 0 unspecified atom stereocenters. The monoisotopic (exact) mass is 334 g/mol. The van der Waals surface area contributed by atoms with Crippen molar-refractivity contribution in [2.45, 2.75) is 48.0 Å². The predicted octanol–water partition coefficient (Wildman–Crippen LogP) is 5.58. The van der Waals surface area contributed by atoms with Crippen molar-refractivity contribution in [3.05, 3.63) is 57.9 Å². The minimum atomic E-state index is -3.48. The van der Waals surface area contributed by atoms with E-state index in [-0.39, 0.29) is 10.8 Å². The number of rotatable bonds is 6. The molecule has 2 nitrogen and oxygen atoms in total. The van der Waals surface area contributed by atoms with Crippen molar-refractivity contribution in [3.63, 3.8) is 0 Å². The molecule has 0 heterocycles. The molecule has 1 rings (SSSR count). The molecule has 128 valence electrons. The third kappa shape index (κ3) is 4.81. The van der Waals surface area contributed by atoms with Gasteiger partial charge in [0.1, 0.15) is 0 Å². The van der Waals surface area contributed by atoms with Crippen LogP contribution in [0.1, 0.15) is 48.0 Å². The van der Waals surface area contributed by atoms with Gasteiger partial charge in [-0.15, -0.1) is 0 Å². The highest BCUT2D eigenvalue weighted by Gasteiger charge is 2.28. The highest BCUT2D eigenvalue weighted by molar-refractivity contribution is 7.99. The van der Waals surface area contributed by atoms with Gasteiger partial charge in [0, 0.05) is 0 Å². The Morgan fingerprint density at radius 3 is 2.26 bits per heavy atom. The Morgan fingerprint density at radius 2 is 1.83 bits per heavy atom. The molecule has 0 amide bonds. The Hall–Kier alpha value is -1.35. The van der Waals surface area contributed by atoms with Gasteiger partial charge in [0.25, 0.3) is 0 Å². The van der Waals surface area contributed by atoms with Crippen LogP contribution in [0.5, 0.6) is 0 Å². The summed E-state index contributed by atoms with van der Waals surface area (Å²) >= 11 is 0. The van der Waals surface area contributed by atoms with E-state index in [1.165, 1.54) is 11.6 Å². The molecule has 1 atom stereocenters. The molecule has 1 aliphatic rings. The summed E-state index contributed by atoms with van der Waals surface area (Å²) in [6.45, 7) is 16.1. The zero-order chi connectivity index (χ0) is 17.8. The van der Waals surface area contributed by atoms with E-state index in [1.54, 1.807) is 12.2 Å². The van der Waals surface area contributed by atoms with Crippen LogP contribution in [-0.2, 0) is 9.84 Å². The van der Waals surface area contributed by atoms with Gasteiger partial charge < -0.3 is 0 Å². The van der Waals surface area contributed by atoms with Gasteiger partial charge in [0.15, 0.2) is 0 Å². The topological polar surface area (TPSA) is 34.1 Å². The highest BCUT2D eigenvalue weighted by Crippen LogP contribution is 2.34. The van der Waals surface area contributed by atoms with Gasteiger partial charge in [-0.25, -0.2) is 8.42 Å². The summed E-state index contributed by atoms with van der Waals surface area (Å²) in [7, 11) is -3.48. The maximum atomic E-state index is 12.9. The van der Waals surface area contributed by atoms with Gasteiger partial charge in [-0.05, 0) is 43.3 Å². The van der Waals surface area contributed by atoms with Gasteiger partial charge >= 0.3 is 0 Å². The maximum Gasteiger partial charge on any atom is 0.203 e. The average molecular weight is 335 g/mol. The first-order chi connectivity index (χ1) is 10.6. The van der Waals surface area contributed by atoms with Crippen LogP contribution >= 0.6 is 0 Å². The predicted molar refractivity (Wildman–Crippen MR) is 101 cm³/mol. The zero-order valence-electron chi connectivity index (χ0n) is 15.3. The SMILES string of the molecule is C=C/C(=C\C=C(/C)C(C)C)S(=O)(=O)C1=CC=C(C(C)C)C[C@@H]1C. The normalized spacial score (nSPS) is 20.6. The van der Waals surface area contributed by atoms with Gasteiger partial charge in [-0.3, -0.25) is 0 Å². The second-order valence-electron chi connectivity index (χ2n) is 6.91. The molecule has 0 aromatic carbocycles. The Bertz CT molecular complexity index is 668. The first-order valence-electron chi connectivity index (χ1n) is 8.27. The summed E-state index contributed by atoms with van der Waals surface area (Å²) < 4.78 is 25.8. The van der Waals surface area contributed by atoms with Crippen molar-refractivity contribution in [3.8, 4) is 0 Å². The maximum absolute atomic E-state index is 12.9. The standard InChI is InChI=1S/C20H30O2S/c1-8-19(11-9-16(6)14(2)3)23(21,22)20-12-10-18(15(4)5)13-17(20)7/h8-12,14-15,17H,1,13H2,2-7H3/b16-9+,19-11+/t17-/m0/s1. The van der Waals surface area contributed by atoms with Crippen molar-refractivity contribution in [1.82, 2.24) is 0 Å². The molecule has 3 heteroatoms. The van der Waals surface area contributed by atoms with Crippen LogP contribution in [0.25, 0.3) is 0 Å². The molecule has 0 spiro atoms. The molecule has 0 aromatic heterocycles. The van der Waals surface area contributed by atoms with E-state index in [4.69, 9.17) is 0 Å². The summed E-state index contributed by atoms with van der Waals surface area (Å²) in [5, 5.41) is 0. The van der Waals surface area contributed by atoms with Gasteiger partial charge in [-0.2, -0.15) is 0 Å². The minimum Gasteiger partial charge on any atom is -0.219 e. The molecule has 0 bridgehead atoms. The van der Waals surface area contributed by atoms with E-state index >= 15 is 0 Å². The summed E-state index contributed by atoms with van der Waals surface area (Å²) in [5.74, 6) is 0.842. The Balaban J connectivity index is 3.26. The quantitative estimate of drug-likeness (QED) is 0.594. The Morgan fingerprint density at radius 1 is 1.22 bits per heavy atom. The smallest absolute Gasteiger partial charge is 0.203 e. The molecule has 0 N–H and O–H groups in total. The number of hydrogen-bond donors (Lipinski definition) is 0. The largest absolute Gasteiger partial charge is 0.219 e. The fraction of sp³-hybridized carbons (Fsp3) is 0.500. The molecule has 0 aromatic rings. The van der Waals surface area contributed by atoms with Crippen molar-refractivity contribution in [1.29, 1.82) is 0 Å². The lowest BCUT2D eigenvalue weighted by Crippen LogP contribution is -2.17. The molecular formula is C20H30O2S. The lowest BCUT2D eigenvalue weighted by Gasteiger charge is -2.23. The van der Waals surface area contributed by atoms with Crippen molar-refractivity contribution < 1.29 is 8.42 Å². The van der Waals surface area contributed by atoms with E-state index in [0.717, 1.165) is 12.0 Å². The van der Waals surface area contributed by atoms with E-state index in [1.807, 2.05) is 26.0 Å². The van der Waals surface area contributed by atoms with Crippen LogP contribution in [0.15, 0.2) is 57.9 Å². The first kappa shape index (κ1) is 19.7. The molecule has 0 saturated carbocycles. The molecule has 0 fully saturated rings. The van der Waals surface area contributed by atoms with Crippen molar-refractivity contribution in [2.75, 3.05) is 0 Å². The van der Waals surface area contributed by atoms with Crippen molar-refractivity contribution >= 4 is 9.84 Å². The van der Waals surface area contributed by atoms with E-state index < -0.39 is 9.84 Å². The fourth-order valence-corrected chi connectivity index (χ4v) is 4.07. The number of sulfone groups is 1. The highest BCUT2D eigenvalue weighted by atomic mass is 32.2. The van der Waals surface area contributed by atoms with Gasteiger partial charge in [-0.1, -0.05) is 70.6 Å². The second-order valence-corrected chi connectivity index (χ2v) is 8.86. The molecule has 23 heavy (non-hydrogen) atoms. The van der Waals surface area contributed by atoms with Crippen molar-refractivity contribution in [2.24, 2.45) is 17.8 Å². The third-order valence-electron chi connectivity index (χ3n) is 4.47. The van der Waals surface area contributed by atoms with E-state index in [9.17, 15) is 8.42 Å². The molecule has 1 aliphatic carbocycles. The second kappa shape index (κ2) is 7.96. The van der Waals surface area contributed by atoms with Crippen LogP contribution in [0.4, 0.5) is 0 Å². The lowest BCUT2D eigenvalue weighted by atomic mass is 9.89. The summed E-state index contributed by atoms with van der Waals surface area (Å²) in [4.78, 5) is 0.764. The molecule has 0 saturated heterocycles.